The summed E-state index contributed by atoms with van der Waals surface area (Å²) in [7, 11) is 2.86. The van der Waals surface area contributed by atoms with Gasteiger partial charge in [0.15, 0.2) is 0 Å². The molecule has 0 heterocycles. The van der Waals surface area contributed by atoms with Crippen LogP contribution in [-0.4, -0.2) is 18.3 Å². The summed E-state index contributed by atoms with van der Waals surface area (Å²) in [5.74, 6) is 0. The van der Waals surface area contributed by atoms with Crippen molar-refractivity contribution in [2.24, 2.45) is 0 Å². The van der Waals surface area contributed by atoms with E-state index >= 15 is 0 Å². The lowest BCUT2D eigenvalue weighted by Crippen LogP contribution is -2.11. The summed E-state index contributed by atoms with van der Waals surface area (Å²) in [6.45, 7) is 1.87. The van der Waals surface area contributed by atoms with Gasteiger partial charge in [-0.05, 0) is 19.1 Å². The summed E-state index contributed by atoms with van der Waals surface area (Å²) in [6.07, 6.45) is 1.81. The van der Waals surface area contributed by atoms with Gasteiger partial charge in [0, 0.05) is 19.5 Å². The molecule has 0 fully saturated rings. The van der Waals surface area contributed by atoms with Gasteiger partial charge in [0.1, 0.15) is 0 Å². The third kappa shape index (κ3) is 2.45. The van der Waals surface area contributed by atoms with Gasteiger partial charge >= 0.3 is 0 Å². The highest BCUT2D eigenvalue weighted by atomic mass is 32.2. The van der Waals surface area contributed by atoms with E-state index in [-0.39, 0.29) is 0 Å². The molecule has 0 N–H and O–H groups in total. The molecule has 1 aromatic rings. The zero-order valence-electron chi connectivity index (χ0n) is 8.73. The number of nitrogens with zero attached hydrogens (tertiary/aromatic N) is 1. The van der Waals surface area contributed by atoms with Crippen molar-refractivity contribution >= 4 is 16.5 Å². The first-order valence-corrected chi connectivity index (χ1v) is 5.68. The number of benzene rings is 1. The molecule has 76 valence electrons. The second-order valence-electron chi connectivity index (χ2n) is 3.13. The molecule has 0 aliphatic rings. The monoisotopic (exact) mass is 209 g/mol. The highest BCUT2D eigenvalue weighted by Crippen LogP contribution is 2.21. The average Bonchev–Trinajstić information content (AvgIpc) is 2.18. The number of hydrogen-bond acceptors (Lipinski definition) is 2. The smallest absolute Gasteiger partial charge is 0.0793 e. The summed E-state index contributed by atoms with van der Waals surface area (Å²) in [5, 5.41) is 1.70. The topological polar surface area (TPSA) is 20.3 Å². The highest BCUT2D eigenvalue weighted by Gasteiger charge is 2.07. The molecule has 1 unspecified atom stereocenters. The third-order valence-corrected chi connectivity index (χ3v) is 3.12. The summed E-state index contributed by atoms with van der Waals surface area (Å²) < 4.78 is 11.8. The molecule has 1 rings (SSSR count). The molecule has 1 atom stereocenters. The lowest BCUT2D eigenvalue weighted by molar-refractivity contribution is 0.688. The number of anilines is 1. The van der Waals surface area contributed by atoms with Crippen LogP contribution in [-0.2, 0) is 10.8 Å². The van der Waals surface area contributed by atoms with Crippen LogP contribution in [0.5, 0.6) is 0 Å². The first kappa shape index (κ1) is 11.0. The molecule has 0 aliphatic carbocycles. The van der Waals surface area contributed by atoms with Gasteiger partial charge in [0.05, 0.1) is 21.4 Å². The first-order chi connectivity index (χ1) is 6.66. The van der Waals surface area contributed by atoms with Crippen molar-refractivity contribution in [1.82, 2.24) is 0 Å². The number of para-hydroxylation sites is 1. The minimum Gasteiger partial charge on any atom is -0.377 e. The van der Waals surface area contributed by atoms with Gasteiger partial charge in [-0.1, -0.05) is 18.2 Å². The SMILES string of the molecule is C/C=C/S(=O)c1ccccc1N(C)C. The maximum Gasteiger partial charge on any atom is 0.0793 e. The van der Waals surface area contributed by atoms with Crippen molar-refractivity contribution in [1.29, 1.82) is 0 Å². The van der Waals surface area contributed by atoms with Crippen LogP contribution >= 0.6 is 0 Å². The summed E-state index contributed by atoms with van der Waals surface area (Å²) in [5.41, 5.74) is 1.00. The zero-order chi connectivity index (χ0) is 10.6. The molecule has 0 aliphatic heterocycles. The molecule has 0 saturated heterocycles. The summed E-state index contributed by atoms with van der Waals surface area (Å²) >= 11 is 0. The molecule has 2 nitrogen and oxygen atoms in total. The van der Waals surface area contributed by atoms with Crippen molar-refractivity contribution in [3.63, 3.8) is 0 Å². The normalized spacial score (nSPS) is 13.1. The molecule has 0 saturated carbocycles. The van der Waals surface area contributed by atoms with Crippen LogP contribution in [0.1, 0.15) is 6.92 Å². The molecular weight excluding hydrogens is 194 g/mol. The Labute approximate surface area is 87.7 Å². The third-order valence-electron chi connectivity index (χ3n) is 1.82. The molecule has 3 heteroatoms. The molecule has 1 aromatic carbocycles. The maximum absolute atomic E-state index is 11.8. The molecular formula is C11H15NOS. The Balaban J connectivity index is 3.13. The van der Waals surface area contributed by atoms with Gasteiger partial charge < -0.3 is 4.90 Å². The van der Waals surface area contributed by atoms with Gasteiger partial charge in [0.2, 0.25) is 0 Å². The van der Waals surface area contributed by atoms with Crippen LogP contribution in [0.15, 0.2) is 40.6 Å². The van der Waals surface area contributed by atoms with Crippen molar-refractivity contribution in [3.05, 3.63) is 35.7 Å². The second kappa shape index (κ2) is 4.96. The van der Waals surface area contributed by atoms with E-state index in [1.54, 1.807) is 5.41 Å². The molecule has 0 radical (unpaired) electrons. The van der Waals surface area contributed by atoms with E-state index in [0.29, 0.717) is 0 Å². The van der Waals surface area contributed by atoms with Gasteiger partial charge in [-0.25, -0.2) is 4.21 Å². The Hall–Kier alpha value is -1.09. The van der Waals surface area contributed by atoms with Crippen molar-refractivity contribution in [2.75, 3.05) is 19.0 Å². The summed E-state index contributed by atoms with van der Waals surface area (Å²) in [4.78, 5) is 2.83. The van der Waals surface area contributed by atoms with E-state index in [1.165, 1.54) is 0 Å². The minimum atomic E-state index is -1.04. The molecule has 0 spiro atoms. The van der Waals surface area contributed by atoms with Crippen LogP contribution < -0.4 is 4.90 Å². The maximum atomic E-state index is 11.8. The predicted molar refractivity (Wildman–Crippen MR) is 62.0 cm³/mol. The molecule has 0 bridgehead atoms. The largest absolute Gasteiger partial charge is 0.377 e. The fourth-order valence-corrected chi connectivity index (χ4v) is 2.26. The fraction of sp³-hybridized carbons (Fsp3) is 0.273. The predicted octanol–water partition coefficient (Wildman–Crippen LogP) is 2.39. The van der Waals surface area contributed by atoms with Crippen molar-refractivity contribution in [3.8, 4) is 0 Å². The molecule has 0 aromatic heterocycles. The Morgan fingerprint density at radius 2 is 1.93 bits per heavy atom. The lowest BCUT2D eigenvalue weighted by atomic mass is 10.3. The average molecular weight is 209 g/mol. The molecule has 14 heavy (non-hydrogen) atoms. The molecule has 0 amide bonds. The van der Waals surface area contributed by atoms with Crippen LogP contribution in [0.3, 0.4) is 0 Å². The van der Waals surface area contributed by atoms with E-state index in [2.05, 4.69) is 0 Å². The zero-order valence-corrected chi connectivity index (χ0v) is 9.54. The number of hydrogen-bond donors (Lipinski definition) is 0. The van der Waals surface area contributed by atoms with Crippen molar-refractivity contribution in [2.45, 2.75) is 11.8 Å². The first-order valence-electron chi connectivity index (χ1n) is 4.46. The Morgan fingerprint density at radius 3 is 2.50 bits per heavy atom. The minimum absolute atomic E-state index is 0.857. The highest BCUT2D eigenvalue weighted by molar-refractivity contribution is 7.88. The van der Waals surface area contributed by atoms with E-state index in [4.69, 9.17) is 0 Å². The van der Waals surface area contributed by atoms with E-state index in [9.17, 15) is 4.21 Å². The Morgan fingerprint density at radius 1 is 1.29 bits per heavy atom. The quantitative estimate of drug-likeness (QED) is 0.762. The van der Waals surface area contributed by atoms with Crippen LogP contribution in [0.2, 0.25) is 0 Å². The van der Waals surface area contributed by atoms with E-state index < -0.39 is 10.8 Å². The number of rotatable bonds is 3. The van der Waals surface area contributed by atoms with Gasteiger partial charge in [-0.3, -0.25) is 0 Å². The van der Waals surface area contributed by atoms with Gasteiger partial charge in [-0.15, -0.1) is 0 Å². The summed E-state index contributed by atoms with van der Waals surface area (Å²) in [6, 6.07) is 7.72. The second-order valence-corrected chi connectivity index (χ2v) is 4.44. The number of allylic oxidation sites excluding steroid dienone is 1. The standard InChI is InChI=1S/C11H15NOS/c1-4-9-14(13)11-8-6-5-7-10(11)12(2)3/h4-9H,1-3H3/b9-4+. The van der Waals surface area contributed by atoms with Gasteiger partial charge in [0.25, 0.3) is 0 Å². The van der Waals surface area contributed by atoms with Crippen LogP contribution in [0.25, 0.3) is 0 Å². The fourth-order valence-electron chi connectivity index (χ4n) is 1.19. The van der Waals surface area contributed by atoms with Gasteiger partial charge in [-0.2, -0.15) is 0 Å². The Bertz CT molecular complexity index is 358. The lowest BCUT2D eigenvalue weighted by Gasteiger charge is -2.15. The van der Waals surface area contributed by atoms with Crippen LogP contribution in [0.4, 0.5) is 5.69 Å². The van der Waals surface area contributed by atoms with Crippen molar-refractivity contribution < 1.29 is 4.21 Å². The Kier molecular flexibility index (Phi) is 3.89. The van der Waals surface area contributed by atoms with E-state index in [0.717, 1.165) is 10.6 Å². The van der Waals surface area contributed by atoms with E-state index in [1.807, 2.05) is 56.3 Å². The van der Waals surface area contributed by atoms with Crippen LogP contribution in [0, 0.1) is 0 Å².